The van der Waals surface area contributed by atoms with E-state index in [1.165, 1.54) is 12.8 Å². The first kappa shape index (κ1) is 14.7. The maximum atomic E-state index is 10.6. The molecular weight excluding hydrogens is 288 g/mol. The molecule has 21 heavy (non-hydrogen) atoms. The molecule has 0 saturated heterocycles. The molecule has 1 aromatic rings. The second-order valence-electron chi connectivity index (χ2n) is 5.66. The lowest BCUT2D eigenvalue weighted by Gasteiger charge is -2.17. The Morgan fingerprint density at radius 2 is 1.90 bits per heavy atom. The summed E-state index contributed by atoms with van der Waals surface area (Å²) in [4.78, 5) is 0. The number of fused-ring (bicyclic) bond motifs is 1. The molecule has 0 aromatic heterocycles. The lowest BCUT2D eigenvalue weighted by molar-refractivity contribution is 0.210. The zero-order valence-electron chi connectivity index (χ0n) is 12.1. The van der Waals surface area contributed by atoms with Gasteiger partial charge in [0.1, 0.15) is 6.10 Å². The molecule has 4 heteroatoms. The fourth-order valence-electron chi connectivity index (χ4n) is 2.91. The van der Waals surface area contributed by atoms with Crippen molar-refractivity contribution in [1.82, 2.24) is 0 Å². The average molecular weight is 309 g/mol. The van der Waals surface area contributed by atoms with Crippen LogP contribution in [0.4, 0.5) is 0 Å². The molecule has 0 spiro atoms. The standard InChI is InChI=1S/C17H21ClO3/c18-14-10-13(11-15-17(14)21-9-5-8-20-15)16(19)12-6-3-1-2-4-7-12/h6,10-11,16,19H,1-5,7-9H2. The maximum Gasteiger partial charge on any atom is 0.179 e. The van der Waals surface area contributed by atoms with E-state index >= 15 is 0 Å². The lowest BCUT2D eigenvalue weighted by atomic mass is 9.97. The van der Waals surface area contributed by atoms with Crippen LogP contribution in [0.3, 0.4) is 0 Å². The zero-order chi connectivity index (χ0) is 14.7. The van der Waals surface area contributed by atoms with Crippen molar-refractivity contribution in [2.75, 3.05) is 13.2 Å². The van der Waals surface area contributed by atoms with Crippen molar-refractivity contribution in [2.24, 2.45) is 0 Å². The van der Waals surface area contributed by atoms with Crippen LogP contribution in [0.1, 0.15) is 50.2 Å². The second kappa shape index (κ2) is 6.71. The van der Waals surface area contributed by atoms with E-state index in [-0.39, 0.29) is 0 Å². The van der Waals surface area contributed by atoms with E-state index in [0.29, 0.717) is 29.7 Å². The van der Waals surface area contributed by atoms with Crippen LogP contribution in [-0.4, -0.2) is 18.3 Å². The molecule has 1 N–H and O–H groups in total. The van der Waals surface area contributed by atoms with E-state index in [0.717, 1.165) is 36.8 Å². The van der Waals surface area contributed by atoms with Crippen LogP contribution in [0.25, 0.3) is 0 Å². The highest BCUT2D eigenvalue weighted by Gasteiger charge is 2.21. The first-order valence-corrected chi connectivity index (χ1v) is 8.09. The monoisotopic (exact) mass is 308 g/mol. The van der Waals surface area contributed by atoms with Crippen LogP contribution in [-0.2, 0) is 0 Å². The van der Waals surface area contributed by atoms with Crippen LogP contribution >= 0.6 is 11.6 Å². The van der Waals surface area contributed by atoms with Gasteiger partial charge in [0.05, 0.1) is 18.2 Å². The normalized spacial score (nSPS) is 20.2. The van der Waals surface area contributed by atoms with Crippen molar-refractivity contribution in [3.05, 3.63) is 34.4 Å². The van der Waals surface area contributed by atoms with Gasteiger partial charge in [0.2, 0.25) is 0 Å². The predicted molar refractivity (Wildman–Crippen MR) is 83.2 cm³/mol. The van der Waals surface area contributed by atoms with Crippen LogP contribution in [0.2, 0.25) is 5.02 Å². The van der Waals surface area contributed by atoms with Crippen LogP contribution in [0, 0.1) is 0 Å². The van der Waals surface area contributed by atoms with E-state index in [1.807, 2.05) is 6.07 Å². The Bertz CT molecular complexity index is 539. The third-order valence-corrected chi connectivity index (χ3v) is 4.35. The largest absolute Gasteiger partial charge is 0.489 e. The Morgan fingerprint density at radius 3 is 2.81 bits per heavy atom. The van der Waals surface area contributed by atoms with Gasteiger partial charge in [-0.3, -0.25) is 0 Å². The third kappa shape index (κ3) is 3.35. The van der Waals surface area contributed by atoms with Gasteiger partial charge in [0, 0.05) is 6.42 Å². The lowest BCUT2D eigenvalue weighted by Crippen LogP contribution is -2.03. The minimum absolute atomic E-state index is 0.512. The molecule has 0 radical (unpaired) electrons. The van der Waals surface area contributed by atoms with Gasteiger partial charge >= 0.3 is 0 Å². The summed E-state index contributed by atoms with van der Waals surface area (Å²) in [6, 6.07) is 3.66. The summed E-state index contributed by atoms with van der Waals surface area (Å²) in [5.74, 6) is 1.24. The Morgan fingerprint density at radius 1 is 1.05 bits per heavy atom. The van der Waals surface area contributed by atoms with Crippen molar-refractivity contribution < 1.29 is 14.6 Å². The van der Waals surface area contributed by atoms with Gasteiger partial charge in [0.25, 0.3) is 0 Å². The number of halogens is 1. The summed E-state index contributed by atoms with van der Waals surface area (Å²) in [5.41, 5.74) is 1.88. The van der Waals surface area contributed by atoms with E-state index in [9.17, 15) is 5.11 Å². The summed E-state index contributed by atoms with van der Waals surface area (Å²) >= 11 is 6.30. The summed E-state index contributed by atoms with van der Waals surface area (Å²) in [6.07, 6.45) is 7.99. The SMILES string of the molecule is OC(C1=CCCCCC1)c1cc(Cl)c2c(c1)OCCCO2. The highest BCUT2D eigenvalue weighted by atomic mass is 35.5. The molecule has 1 heterocycles. The molecule has 0 saturated carbocycles. The highest BCUT2D eigenvalue weighted by molar-refractivity contribution is 6.32. The van der Waals surface area contributed by atoms with Gasteiger partial charge in [-0.05, 0) is 49.0 Å². The number of aliphatic hydroxyl groups is 1. The molecule has 1 aliphatic carbocycles. The summed E-state index contributed by atoms with van der Waals surface area (Å²) in [5, 5.41) is 11.2. The molecule has 3 nitrogen and oxygen atoms in total. The van der Waals surface area contributed by atoms with Gasteiger partial charge in [-0.25, -0.2) is 0 Å². The number of ether oxygens (including phenoxy) is 2. The van der Waals surface area contributed by atoms with Gasteiger partial charge in [-0.15, -0.1) is 0 Å². The molecular formula is C17H21ClO3. The summed E-state index contributed by atoms with van der Waals surface area (Å²) < 4.78 is 11.3. The third-order valence-electron chi connectivity index (χ3n) is 4.07. The minimum Gasteiger partial charge on any atom is -0.489 e. The van der Waals surface area contributed by atoms with Crippen molar-refractivity contribution >= 4 is 11.6 Å². The van der Waals surface area contributed by atoms with Crippen molar-refractivity contribution in [2.45, 2.75) is 44.6 Å². The number of allylic oxidation sites excluding steroid dienone is 1. The van der Waals surface area contributed by atoms with Crippen LogP contribution in [0.15, 0.2) is 23.8 Å². The predicted octanol–water partition coefficient (Wildman–Crippen LogP) is 4.43. The number of rotatable bonds is 2. The Hall–Kier alpha value is -1.19. The van der Waals surface area contributed by atoms with Gasteiger partial charge in [-0.1, -0.05) is 24.1 Å². The Labute approximate surface area is 130 Å². The van der Waals surface area contributed by atoms with Gasteiger partial charge < -0.3 is 14.6 Å². The molecule has 1 aliphatic heterocycles. The fourth-order valence-corrected chi connectivity index (χ4v) is 3.18. The number of benzene rings is 1. The van der Waals surface area contributed by atoms with Crippen LogP contribution < -0.4 is 9.47 Å². The minimum atomic E-state index is -0.599. The first-order chi connectivity index (χ1) is 10.3. The molecule has 2 aliphatic rings. The van der Waals surface area contributed by atoms with Crippen molar-refractivity contribution in [1.29, 1.82) is 0 Å². The quantitative estimate of drug-likeness (QED) is 0.822. The second-order valence-corrected chi connectivity index (χ2v) is 6.07. The molecule has 0 amide bonds. The van der Waals surface area contributed by atoms with E-state index < -0.39 is 6.10 Å². The van der Waals surface area contributed by atoms with Crippen molar-refractivity contribution in [3.8, 4) is 11.5 Å². The maximum absolute atomic E-state index is 10.6. The van der Waals surface area contributed by atoms with E-state index in [1.54, 1.807) is 6.07 Å². The van der Waals surface area contributed by atoms with Crippen LogP contribution in [0.5, 0.6) is 11.5 Å². The molecule has 1 unspecified atom stereocenters. The van der Waals surface area contributed by atoms with E-state index in [4.69, 9.17) is 21.1 Å². The fraction of sp³-hybridized carbons (Fsp3) is 0.529. The molecule has 0 bridgehead atoms. The molecule has 114 valence electrons. The number of aliphatic hydroxyl groups excluding tert-OH is 1. The van der Waals surface area contributed by atoms with Gasteiger partial charge in [-0.2, -0.15) is 0 Å². The van der Waals surface area contributed by atoms with Crippen molar-refractivity contribution in [3.63, 3.8) is 0 Å². The zero-order valence-corrected chi connectivity index (χ0v) is 12.9. The summed E-state index contributed by atoms with van der Waals surface area (Å²) in [6.45, 7) is 1.23. The Kier molecular flexibility index (Phi) is 4.71. The Balaban J connectivity index is 1.89. The smallest absolute Gasteiger partial charge is 0.179 e. The molecule has 1 aromatic carbocycles. The molecule has 3 rings (SSSR count). The average Bonchev–Trinajstić information content (AvgIpc) is 2.89. The van der Waals surface area contributed by atoms with E-state index in [2.05, 4.69) is 6.08 Å². The topological polar surface area (TPSA) is 38.7 Å². The molecule has 0 fully saturated rings. The number of hydrogen-bond donors (Lipinski definition) is 1. The number of hydrogen-bond acceptors (Lipinski definition) is 3. The first-order valence-electron chi connectivity index (χ1n) is 7.72. The van der Waals surface area contributed by atoms with Gasteiger partial charge in [0.15, 0.2) is 11.5 Å². The molecule has 1 atom stereocenters. The summed E-state index contributed by atoms with van der Waals surface area (Å²) in [7, 11) is 0. The highest BCUT2D eigenvalue weighted by Crippen LogP contribution is 2.41.